The Morgan fingerprint density at radius 2 is 1.22 bits per heavy atom. The van der Waals surface area contributed by atoms with Gasteiger partial charge in [0.15, 0.2) is 0 Å². The highest BCUT2D eigenvalue weighted by atomic mass is 19.4. The number of hydrogen-bond acceptors (Lipinski definition) is 7. The molecule has 0 atom stereocenters. The summed E-state index contributed by atoms with van der Waals surface area (Å²) >= 11 is 0. The van der Waals surface area contributed by atoms with E-state index < -0.39 is 6.36 Å². The van der Waals surface area contributed by atoms with Crippen LogP contribution in [0.15, 0.2) is 121 Å². The third-order valence-corrected chi connectivity index (χ3v) is 8.26. The van der Waals surface area contributed by atoms with E-state index >= 15 is 0 Å². The van der Waals surface area contributed by atoms with Gasteiger partial charge in [-0.2, -0.15) is 4.98 Å². The number of rotatable bonds is 15. The van der Waals surface area contributed by atoms with Gasteiger partial charge in [0.25, 0.3) is 0 Å². The van der Waals surface area contributed by atoms with Gasteiger partial charge < -0.3 is 28.6 Å². The molecule has 1 saturated heterocycles. The molecule has 0 unspecified atom stereocenters. The van der Waals surface area contributed by atoms with Gasteiger partial charge in [0.05, 0.1) is 25.9 Å². The number of anilines is 1. The Balaban J connectivity index is 1.15. The SMILES string of the molecule is FC(F)(F)Oc1cc(N2CCC(OCCOCc3ccccc3)CC2)ccc1-c1ccc(OCc2ccccc2)nc1OCc1ccccc1. The van der Waals surface area contributed by atoms with E-state index in [2.05, 4.69) is 9.72 Å². The molecule has 1 aliphatic heterocycles. The van der Waals surface area contributed by atoms with E-state index in [1.807, 2.05) is 95.9 Å². The van der Waals surface area contributed by atoms with Gasteiger partial charge in [0.2, 0.25) is 11.8 Å². The van der Waals surface area contributed by atoms with E-state index in [1.54, 1.807) is 24.3 Å². The Bertz CT molecular complexity index is 1770. The van der Waals surface area contributed by atoms with Crippen molar-refractivity contribution in [2.24, 2.45) is 0 Å². The van der Waals surface area contributed by atoms with Crippen LogP contribution in [-0.4, -0.2) is 43.8 Å². The molecule has 0 saturated carbocycles. The number of alkyl halides is 3. The van der Waals surface area contributed by atoms with Crippen molar-refractivity contribution in [2.45, 2.75) is 45.1 Å². The molecule has 0 spiro atoms. The van der Waals surface area contributed by atoms with Crippen LogP contribution < -0.4 is 19.1 Å². The minimum Gasteiger partial charge on any atom is -0.473 e. The maximum Gasteiger partial charge on any atom is 0.573 e. The molecule has 4 aromatic carbocycles. The lowest BCUT2D eigenvalue weighted by atomic mass is 10.0. The fourth-order valence-corrected chi connectivity index (χ4v) is 5.73. The quantitative estimate of drug-likeness (QED) is 0.102. The molecule has 2 heterocycles. The van der Waals surface area contributed by atoms with Gasteiger partial charge in [-0.25, -0.2) is 0 Å². The van der Waals surface area contributed by atoms with Crippen molar-refractivity contribution in [3.05, 3.63) is 138 Å². The summed E-state index contributed by atoms with van der Waals surface area (Å²) < 4.78 is 69.8. The Hall–Kier alpha value is -5.06. The van der Waals surface area contributed by atoms with Gasteiger partial charge in [-0.15, -0.1) is 13.2 Å². The fraction of sp³-hybridized carbons (Fsp3) is 0.275. The van der Waals surface area contributed by atoms with Gasteiger partial charge in [0.1, 0.15) is 19.0 Å². The highest BCUT2D eigenvalue weighted by molar-refractivity contribution is 5.77. The van der Waals surface area contributed by atoms with Crippen LogP contribution in [0.1, 0.15) is 29.5 Å². The summed E-state index contributed by atoms with van der Waals surface area (Å²) in [5.74, 6) is 0.0709. The summed E-state index contributed by atoms with van der Waals surface area (Å²) in [7, 11) is 0. The van der Waals surface area contributed by atoms with Crippen molar-refractivity contribution in [3.63, 3.8) is 0 Å². The number of nitrogens with zero attached hydrogens (tertiary/aromatic N) is 2. The number of hydrogen-bond donors (Lipinski definition) is 0. The number of ether oxygens (including phenoxy) is 5. The Morgan fingerprint density at radius 1 is 0.640 bits per heavy atom. The number of benzene rings is 4. The van der Waals surface area contributed by atoms with Crippen LogP contribution >= 0.6 is 0 Å². The molecule has 0 bridgehead atoms. The van der Waals surface area contributed by atoms with Crippen molar-refractivity contribution in [1.82, 2.24) is 4.98 Å². The van der Waals surface area contributed by atoms with Gasteiger partial charge in [-0.05, 0) is 47.7 Å². The van der Waals surface area contributed by atoms with E-state index in [0.717, 1.165) is 29.5 Å². The average molecular weight is 685 g/mol. The molecule has 1 aromatic heterocycles. The van der Waals surface area contributed by atoms with Gasteiger partial charge in [-0.1, -0.05) is 91.0 Å². The van der Waals surface area contributed by atoms with Crippen LogP contribution in [0, 0.1) is 0 Å². The van der Waals surface area contributed by atoms with Gasteiger partial charge in [-0.3, -0.25) is 0 Å². The Kier molecular flexibility index (Phi) is 11.9. The fourth-order valence-electron chi connectivity index (χ4n) is 5.73. The lowest BCUT2D eigenvalue weighted by Gasteiger charge is -2.34. The van der Waals surface area contributed by atoms with Gasteiger partial charge >= 0.3 is 6.36 Å². The summed E-state index contributed by atoms with van der Waals surface area (Å²) in [6.45, 7) is 3.18. The molecule has 50 heavy (non-hydrogen) atoms. The first-order valence-corrected chi connectivity index (χ1v) is 16.6. The molecule has 0 aliphatic carbocycles. The van der Waals surface area contributed by atoms with Crippen molar-refractivity contribution < 1.29 is 36.9 Å². The smallest absolute Gasteiger partial charge is 0.473 e. The first-order chi connectivity index (χ1) is 24.4. The molecule has 0 amide bonds. The highest BCUT2D eigenvalue weighted by Crippen LogP contribution is 2.41. The monoisotopic (exact) mass is 684 g/mol. The molecule has 0 N–H and O–H groups in total. The molecule has 10 heteroatoms. The Labute approximate surface area is 290 Å². The second-order valence-electron chi connectivity index (χ2n) is 11.9. The van der Waals surface area contributed by atoms with Crippen molar-refractivity contribution in [1.29, 1.82) is 0 Å². The molecule has 0 radical (unpaired) electrons. The Morgan fingerprint density at radius 3 is 1.84 bits per heavy atom. The van der Waals surface area contributed by atoms with E-state index in [9.17, 15) is 13.2 Å². The van der Waals surface area contributed by atoms with Crippen LogP contribution in [0.4, 0.5) is 18.9 Å². The predicted octanol–water partition coefficient (Wildman–Crippen LogP) is 9.01. The second kappa shape index (κ2) is 17.0. The lowest BCUT2D eigenvalue weighted by molar-refractivity contribution is -0.274. The van der Waals surface area contributed by atoms with Crippen molar-refractivity contribution in [3.8, 4) is 28.6 Å². The third kappa shape index (κ3) is 10.2. The number of halogens is 3. The summed E-state index contributed by atoms with van der Waals surface area (Å²) in [6, 6.07) is 37.2. The topological polar surface area (TPSA) is 62.3 Å². The van der Waals surface area contributed by atoms with E-state index in [1.165, 1.54) is 6.07 Å². The zero-order valence-electron chi connectivity index (χ0n) is 27.6. The molecule has 1 aliphatic rings. The highest BCUT2D eigenvalue weighted by Gasteiger charge is 2.33. The van der Waals surface area contributed by atoms with Crippen LogP contribution in [-0.2, 0) is 29.3 Å². The molecule has 260 valence electrons. The number of aromatic nitrogens is 1. The summed E-state index contributed by atoms with van der Waals surface area (Å²) in [5.41, 5.74) is 4.11. The molecular weight excluding hydrogens is 645 g/mol. The molecule has 1 fully saturated rings. The van der Waals surface area contributed by atoms with Gasteiger partial charge in [0, 0.05) is 42.0 Å². The van der Waals surface area contributed by atoms with E-state index in [-0.39, 0.29) is 42.4 Å². The van der Waals surface area contributed by atoms with E-state index in [0.29, 0.717) is 44.2 Å². The summed E-state index contributed by atoms with van der Waals surface area (Å²) in [4.78, 5) is 6.62. The van der Waals surface area contributed by atoms with Crippen LogP contribution in [0.5, 0.6) is 17.5 Å². The number of pyridine rings is 1. The molecular formula is C40H39F3N2O5. The first kappa shape index (κ1) is 34.8. The van der Waals surface area contributed by atoms with Crippen LogP contribution in [0.2, 0.25) is 0 Å². The van der Waals surface area contributed by atoms with E-state index in [4.69, 9.17) is 18.9 Å². The zero-order chi connectivity index (χ0) is 34.6. The maximum atomic E-state index is 13.8. The van der Waals surface area contributed by atoms with Crippen LogP contribution in [0.3, 0.4) is 0 Å². The summed E-state index contributed by atoms with van der Waals surface area (Å²) in [6.07, 6.45) is -3.38. The molecule has 5 aromatic rings. The van der Waals surface area contributed by atoms with Crippen molar-refractivity contribution in [2.75, 3.05) is 31.2 Å². The standard InChI is InChI=1S/C40H39F3N2O5/c41-40(42,43)50-37-26-33(45-22-20-34(21-23-45)47-25-24-46-27-30-10-4-1-5-11-30)16-17-35(37)36-18-19-38(48-28-31-12-6-2-7-13-31)44-39(36)49-29-32-14-8-3-9-15-32/h1-19,26,34H,20-25,27-29H2. The minimum atomic E-state index is -4.91. The summed E-state index contributed by atoms with van der Waals surface area (Å²) in [5, 5.41) is 0. The molecule has 6 rings (SSSR count). The normalized spacial score (nSPS) is 13.6. The van der Waals surface area contributed by atoms with Crippen molar-refractivity contribution >= 4 is 5.69 Å². The first-order valence-electron chi connectivity index (χ1n) is 16.6. The third-order valence-electron chi connectivity index (χ3n) is 8.26. The minimum absolute atomic E-state index is 0.0507. The van der Waals surface area contributed by atoms with Crippen LogP contribution in [0.25, 0.3) is 11.1 Å². The largest absolute Gasteiger partial charge is 0.573 e. The average Bonchev–Trinajstić information content (AvgIpc) is 3.14. The lowest BCUT2D eigenvalue weighted by Crippen LogP contribution is -2.37. The molecule has 7 nitrogen and oxygen atoms in total. The maximum absolute atomic E-state index is 13.8. The second-order valence-corrected chi connectivity index (χ2v) is 11.9. The predicted molar refractivity (Wildman–Crippen MR) is 185 cm³/mol. The number of piperidine rings is 1. The zero-order valence-corrected chi connectivity index (χ0v) is 27.6.